The molecule has 0 aliphatic heterocycles. The molecule has 6 heteroatoms. The van der Waals surface area contributed by atoms with Gasteiger partial charge in [0.25, 0.3) is 0 Å². The van der Waals surface area contributed by atoms with Gasteiger partial charge in [0, 0.05) is 0 Å². The van der Waals surface area contributed by atoms with Crippen LogP contribution in [0.25, 0.3) is 0 Å². The standard InChI is InChI=1S/C11H9NO5/c1-16-9-7(10(13)14)3-6(5-12)4-8(9)11(15)17-2/h3-4H,1-2H3,(H,13,14). The number of aromatic carboxylic acids is 1. The van der Waals surface area contributed by atoms with Gasteiger partial charge in [0.15, 0.2) is 0 Å². The molecule has 0 aromatic heterocycles. The molecule has 0 saturated carbocycles. The summed E-state index contributed by atoms with van der Waals surface area (Å²) >= 11 is 0. The number of hydrogen-bond donors (Lipinski definition) is 1. The largest absolute Gasteiger partial charge is 0.495 e. The number of carboxylic acid groups (broad SMARTS) is 1. The second-order valence-electron chi connectivity index (χ2n) is 3.01. The van der Waals surface area contributed by atoms with E-state index in [9.17, 15) is 9.59 Å². The number of nitrogens with zero attached hydrogens (tertiary/aromatic N) is 1. The zero-order valence-corrected chi connectivity index (χ0v) is 9.18. The van der Waals surface area contributed by atoms with Crippen LogP contribution in [-0.4, -0.2) is 31.3 Å². The van der Waals surface area contributed by atoms with Crippen LogP contribution in [-0.2, 0) is 4.74 Å². The van der Waals surface area contributed by atoms with Crippen LogP contribution in [0, 0.1) is 11.3 Å². The van der Waals surface area contributed by atoms with Gasteiger partial charge in [-0.15, -0.1) is 0 Å². The number of carbonyl (C=O) groups is 2. The summed E-state index contributed by atoms with van der Waals surface area (Å²) in [6.07, 6.45) is 0. The van der Waals surface area contributed by atoms with Crippen molar-refractivity contribution in [3.05, 3.63) is 28.8 Å². The molecule has 1 N–H and O–H groups in total. The van der Waals surface area contributed by atoms with Crippen molar-refractivity contribution in [2.75, 3.05) is 14.2 Å². The SMILES string of the molecule is COC(=O)c1cc(C#N)cc(C(=O)O)c1OC. The highest BCUT2D eigenvalue weighted by Crippen LogP contribution is 2.26. The number of nitriles is 1. The predicted molar refractivity (Wildman–Crippen MR) is 56.0 cm³/mol. The van der Waals surface area contributed by atoms with E-state index in [-0.39, 0.29) is 22.4 Å². The number of benzene rings is 1. The minimum Gasteiger partial charge on any atom is -0.495 e. The lowest BCUT2D eigenvalue weighted by atomic mass is 10.0. The van der Waals surface area contributed by atoms with E-state index in [4.69, 9.17) is 15.1 Å². The van der Waals surface area contributed by atoms with Crippen molar-refractivity contribution in [1.29, 1.82) is 5.26 Å². The molecule has 0 unspecified atom stereocenters. The zero-order chi connectivity index (χ0) is 13.0. The smallest absolute Gasteiger partial charge is 0.341 e. The average molecular weight is 235 g/mol. The van der Waals surface area contributed by atoms with Crippen LogP contribution in [0.1, 0.15) is 26.3 Å². The fraction of sp³-hybridized carbons (Fsp3) is 0.182. The summed E-state index contributed by atoms with van der Waals surface area (Å²) in [5.74, 6) is -2.17. The van der Waals surface area contributed by atoms with Crippen LogP contribution in [0.5, 0.6) is 5.75 Å². The number of carboxylic acids is 1. The number of methoxy groups -OCH3 is 2. The van der Waals surface area contributed by atoms with Gasteiger partial charge in [0.2, 0.25) is 0 Å². The molecular formula is C11H9NO5. The summed E-state index contributed by atoms with van der Waals surface area (Å²) in [4.78, 5) is 22.4. The molecule has 6 nitrogen and oxygen atoms in total. The molecule has 1 aromatic rings. The number of carbonyl (C=O) groups excluding carboxylic acids is 1. The van der Waals surface area contributed by atoms with Crippen molar-refractivity contribution >= 4 is 11.9 Å². The predicted octanol–water partition coefficient (Wildman–Crippen LogP) is 1.05. The van der Waals surface area contributed by atoms with E-state index in [0.717, 1.165) is 13.2 Å². The minimum absolute atomic E-state index is 0.0450. The van der Waals surface area contributed by atoms with Gasteiger partial charge in [-0.25, -0.2) is 9.59 Å². The maximum atomic E-state index is 11.4. The Morgan fingerprint density at radius 1 is 1.29 bits per heavy atom. The van der Waals surface area contributed by atoms with Crippen molar-refractivity contribution < 1.29 is 24.2 Å². The highest BCUT2D eigenvalue weighted by molar-refractivity contribution is 6.00. The van der Waals surface area contributed by atoms with Crippen LogP contribution in [0.15, 0.2) is 12.1 Å². The number of ether oxygens (including phenoxy) is 2. The van der Waals surface area contributed by atoms with E-state index in [2.05, 4.69) is 4.74 Å². The third-order valence-corrected chi connectivity index (χ3v) is 2.06. The van der Waals surface area contributed by atoms with Crippen molar-refractivity contribution in [2.45, 2.75) is 0 Å². The molecule has 0 radical (unpaired) electrons. The van der Waals surface area contributed by atoms with Crippen LogP contribution in [0.3, 0.4) is 0 Å². The Kier molecular flexibility index (Phi) is 3.67. The molecule has 17 heavy (non-hydrogen) atoms. The van der Waals surface area contributed by atoms with Gasteiger partial charge in [-0.05, 0) is 12.1 Å². The van der Waals surface area contributed by atoms with E-state index >= 15 is 0 Å². The van der Waals surface area contributed by atoms with E-state index in [1.54, 1.807) is 6.07 Å². The molecule has 0 bridgehead atoms. The third kappa shape index (κ3) is 2.34. The summed E-state index contributed by atoms with van der Waals surface area (Å²) in [6.45, 7) is 0. The van der Waals surface area contributed by atoms with E-state index in [0.29, 0.717) is 0 Å². The van der Waals surface area contributed by atoms with Gasteiger partial charge in [-0.2, -0.15) is 5.26 Å². The fourth-order valence-corrected chi connectivity index (χ4v) is 1.33. The summed E-state index contributed by atoms with van der Waals surface area (Å²) in [5.41, 5.74) is -0.304. The van der Waals surface area contributed by atoms with Crippen molar-refractivity contribution in [1.82, 2.24) is 0 Å². The quantitative estimate of drug-likeness (QED) is 0.786. The number of esters is 1. The Labute approximate surface area is 97.0 Å². The molecular weight excluding hydrogens is 226 g/mol. The van der Waals surface area contributed by atoms with Crippen molar-refractivity contribution in [2.24, 2.45) is 0 Å². The Balaban J connectivity index is 3.57. The van der Waals surface area contributed by atoms with Gasteiger partial charge < -0.3 is 14.6 Å². The van der Waals surface area contributed by atoms with Gasteiger partial charge in [0.1, 0.15) is 16.9 Å². The Bertz CT molecular complexity index is 515. The van der Waals surface area contributed by atoms with Crippen LogP contribution >= 0.6 is 0 Å². The second kappa shape index (κ2) is 4.99. The summed E-state index contributed by atoms with van der Waals surface area (Å²) < 4.78 is 9.36. The first-order valence-corrected chi connectivity index (χ1v) is 4.48. The van der Waals surface area contributed by atoms with E-state index in [1.807, 2.05) is 0 Å². The first-order chi connectivity index (χ1) is 8.04. The molecule has 0 fully saturated rings. The van der Waals surface area contributed by atoms with Crippen molar-refractivity contribution in [3.8, 4) is 11.8 Å². The molecule has 0 heterocycles. The molecule has 1 aromatic carbocycles. The van der Waals surface area contributed by atoms with E-state index in [1.165, 1.54) is 13.2 Å². The number of hydrogen-bond acceptors (Lipinski definition) is 5. The topological polar surface area (TPSA) is 96.6 Å². The molecule has 1 rings (SSSR count). The molecule has 88 valence electrons. The first kappa shape index (κ1) is 12.5. The second-order valence-corrected chi connectivity index (χ2v) is 3.01. The van der Waals surface area contributed by atoms with Crippen LogP contribution in [0.2, 0.25) is 0 Å². The minimum atomic E-state index is -1.29. The molecule has 0 spiro atoms. The third-order valence-electron chi connectivity index (χ3n) is 2.06. The highest BCUT2D eigenvalue weighted by Gasteiger charge is 2.21. The number of rotatable bonds is 3. The Morgan fingerprint density at radius 2 is 1.88 bits per heavy atom. The molecule has 0 aliphatic rings. The van der Waals surface area contributed by atoms with E-state index < -0.39 is 11.9 Å². The zero-order valence-electron chi connectivity index (χ0n) is 9.18. The summed E-state index contributed by atoms with van der Waals surface area (Å²) in [6, 6.07) is 4.12. The lowest BCUT2D eigenvalue weighted by Gasteiger charge is -2.10. The monoisotopic (exact) mass is 235 g/mol. The average Bonchev–Trinajstić information content (AvgIpc) is 2.35. The Morgan fingerprint density at radius 3 is 2.29 bits per heavy atom. The van der Waals surface area contributed by atoms with Crippen LogP contribution < -0.4 is 4.74 Å². The Hall–Kier alpha value is -2.55. The normalized spacial score (nSPS) is 9.24. The summed E-state index contributed by atoms with van der Waals surface area (Å²) in [5, 5.41) is 17.7. The molecule has 0 atom stereocenters. The fourth-order valence-electron chi connectivity index (χ4n) is 1.33. The maximum Gasteiger partial charge on any atom is 0.341 e. The maximum absolute atomic E-state index is 11.4. The molecule has 0 aliphatic carbocycles. The lowest BCUT2D eigenvalue weighted by molar-refractivity contribution is 0.0597. The van der Waals surface area contributed by atoms with Gasteiger partial charge in [-0.3, -0.25) is 0 Å². The molecule has 0 saturated heterocycles. The van der Waals surface area contributed by atoms with Crippen LogP contribution in [0.4, 0.5) is 0 Å². The highest BCUT2D eigenvalue weighted by atomic mass is 16.5. The van der Waals surface area contributed by atoms with Gasteiger partial charge in [0.05, 0.1) is 25.9 Å². The summed E-state index contributed by atoms with van der Waals surface area (Å²) in [7, 11) is 2.39. The van der Waals surface area contributed by atoms with Gasteiger partial charge >= 0.3 is 11.9 Å². The first-order valence-electron chi connectivity index (χ1n) is 4.48. The van der Waals surface area contributed by atoms with Crippen molar-refractivity contribution in [3.63, 3.8) is 0 Å². The van der Waals surface area contributed by atoms with Gasteiger partial charge in [-0.1, -0.05) is 0 Å². The lowest BCUT2D eigenvalue weighted by Crippen LogP contribution is -2.09. The molecule has 0 amide bonds.